The van der Waals surface area contributed by atoms with E-state index in [2.05, 4.69) is 5.32 Å². The number of hydrogen-bond donors (Lipinski definition) is 2. The summed E-state index contributed by atoms with van der Waals surface area (Å²) < 4.78 is 11.5. The van der Waals surface area contributed by atoms with E-state index in [9.17, 15) is 9.90 Å². The van der Waals surface area contributed by atoms with E-state index in [1.165, 1.54) is 6.92 Å². The van der Waals surface area contributed by atoms with Crippen LogP contribution < -0.4 is 14.8 Å². The number of phenolic OH excluding ortho intramolecular Hbond substituents is 1. The number of ether oxygens (including phenoxy) is 2. The van der Waals surface area contributed by atoms with Crippen LogP contribution in [0.25, 0.3) is 0 Å². The minimum absolute atomic E-state index is 0.0750. The first kappa shape index (κ1) is 17.1. The smallest absolute Gasteiger partial charge is 0.221 e. The maximum Gasteiger partial charge on any atom is 0.221 e. The second kappa shape index (κ2) is 5.84. The topological polar surface area (TPSA) is 67.8 Å². The van der Waals surface area contributed by atoms with E-state index in [1.54, 1.807) is 12.1 Å². The number of phenols is 1. The van der Waals surface area contributed by atoms with Crippen molar-refractivity contribution in [2.45, 2.75) is 59.7 Å². The molecule has 1 aromatic rings. The van der Waals surface area contributed by atoms with Crippen LogP contribution >= 0.6 is 0 Å². The van der Waals surface area contributed by atoms with Gasteiger partial charge in [-0.25, -0.2) is 0 Å². The highest BCUT2D eigenvalue weighted by molar-refractivity contribution is 5.89. The van der Waals surface area contributed by atoms with Crippen molar-refractivity contribution in [2.24, 2.45) is 0 Å². The van der Waals surface area contributed by atoms with E-state index in [1.807, 2.05) is 41.5 Å². The van der Waals surface area contributed by atoms with Gasteiger partial charge in [0.1, 0.15) is 11.2 Å². The zero-order chi connectivity index (χ0) is 16.4. The predicted octanol–water partition coefficient (Wildman–Crippen LogP) is 3.71. The van der Waals surface area contributed by atoms with E-state index in [-0.39, 0.29) is 23.2 Å². The highest BCUT2D eigenvalue weighted by Gasteiger charge is 2.22. The quantitative estimate of drug-likeness (QED) is 0.834. The Bertz CT molecular complexity index is 487. The summed E-state index contributed by atoms with van der Waals surface area (Å²) in [6, 6.07) is 3.16. The third kappa shape index (κ3) is 5.94. The van der Waals surface area contributed by atoms with Crippen molar-refractivity contribution >= 4 is 11.6 Å². The fourth-order valence-electron chi connectivity index (χ4n) is 1.67. The molecule has 0 atom stereocenters. The SMILES string of the molecule is CC(=O)Nc1cc(OC(C)(C)C)c(O)c(OC(C)(C)C)c1. The van der Waals surface area contributed by atoms with E-state index < -0.39 is 11.2 Å². The molecule has 118 valence electrons. The van der Waals surface area contributed by atoms with Gasteiger partial charge in [0.2, 0.25) is 11.7 Å². The zero-order valence-electron chi connectivity index (χ0n) is 13.8. The molecule has 0 aromatic heterocycles. The van der Waals surface area contributed by atoms with Gasteiger partial charge in [-0.2, -0.15) is 0 Å². The average molecular weight is 295 g/mol. The summed E-state index contributed by atoms with van der Waals surface area (Å²) in [6.45, 7) is 12.7. The van der Waals surface area contributed by atoms with Crippen LogP contribution in [-0.2, 0) is 4.79 Å². The lowest BCUT2D eigenvalue weighted by Crippen LogP contribution is -2.25. The second-order valence-corrected chi connectivity index (χ2v) is 6.93. The first-order chi connectivity index (χ1) is 9.37. The van der Waals surface area contributed by atoms with Crippen LogP contribution in [0.4, 0.5) is 5.69 Å². The van der Waals surface area contributed by atoms with Gasteiger partial charge >= 0.3 is 0 Å². The molecule has 5 heteroatoms. The van der Waals surface area contributed by atoms with Crippen molar-refractivity contribution in [1.29, 1.82) is 0 Å². The van der Waals surface area contributed by atoms with Crippen LogP contribution in [0.2, 0.25) is 0 Å². The molecule has 0 unspecified atom stereocenters. The summed E-state index contributed by atoms with van der Waals surface area (Å²) in [6.07, 6.45) is 0. The van der Waals surface area contributed by atoms with Gasteiger partial charge in [-0.15, -0.1) is 0 Å². The Morgan fingerprint density at radius 1 is 1.00 bits per heavy atom. The fourth-order valence-corrected chi connectivity index (χ4v) is 1.67. The third-order valence-electron chi connectivity index (χ3n) is 2.19. The number of nitrogens with one attached hydrogen (secondary N) is 1. The highest BCUT2D eigenvalue weighted by Crippen LogP contribution is 2.42. The van der Waals surface area contributed by atoms with E-state index in [0.29, 0.717) is 5.69 Å². The molecule has 21 heavy (non-hydrogen) atoms. The van der Waals surface area contributed by atoms with Gasteiger partial charge in [-0.3, -0.25) is 4.79 Å². The Morgan fingerprint density at radius 3 is 1.67 bits per heavy atom. The normalized spacial score (nSPS) is 12.0. The number of benzene rings is 1. The third-order valence-corrected chi connectivity index (χ3v) is 2.19. The minimum atomic E-state index is -0.481. The molecule has 5 nitrogen and oxygen atoms in total. The number of anilines is 1. The summed E-state index contributed by atoms with van der Waals surface area (Å²) in [5.41, 5.74) is -0.449. The number of aromatic hydroxyl groups is 1. The molecular weight excluding hydrogens is 270 g/mol. The van der Waals surface area contributed by atoms with Crippen molar-refractivity contribution in [3.8, 4) is 17.2 Å². The Morgan fingerprint density at radius 2 is 1.38 bits per heavy atom. The van der Waals surface area contributed by atoms with Crippen LogP contribution in [0.5, 0.6) is 17.2 Å². The zero-order valence-corrected chi connectivity index (χ0v) is 13.8. The summed E-state index contributed by atoms with van der Waals surface area (Å²) in [7, 11) is 0. The maximum atomic E-state index is 11.2. The van der Waals surface area contributed by atoms with Crippen LogP contribution in [0.15, 0.2) is 12.1 Å². The van der Waals surface area contributed by atoms with Gasteiger partial charge in [0.15, 0.2) is 11.5 Å². The minimum Gasteiger partial charge on any atom is -0.502 e. The van der Waals surface area contributed by atoms with Gasteiger partial charge < -0.3 is 19.9 Å². The molecule has 0 aliphatic rings. The monoisotopic (exact) mass is 295 g/mol. The average Bonchev–Trinajstić information content (AvgIpc) is 2.19. The number of amides is 1. The first-order valence-electron chi connectivity index (χ1n) is 6.90. The number of hydrogen-bond acceptors (Lipinski definition) is 4. The van der Waals surface area contributed by atoms with Crippen molar-refractivity contribution in [3.05, 3.63) is 12.1 Å². The maximum absolute atomic E-state index is 11.2. The van der Waals surface area contributed by atoms with Gasteiger partial charge in [-0.05, 0) is 41.5 Å². The van der Waals surface area contributed by atoms with Crippen molar-refractivity contribution in [2.75, 3.05) is 5.32 Å². The van der Waals surface area contributed by atoms with Crippen molar-refractivity contribution in [3.63, 3.8) is 0 Å². The van der Waals surface area contributed by atoms with E-state index in [0.717, 1.165) is 0 Å². The van der Waals surface area contributed by atoms with Gasteiger partial charge in [0.25, 0.3) is 0 Å². The highest BCUT2D eigenvalue weighted by atomic mass is 16.5. The molecule has 0 aliphatic heterocycles. The number of carbonyl (C=O) groups excluding carboxylic acids is 1. The van der Waals surface area contributed by atoms with Crippen LogP contribution in [0.1, 0.15) is 48.5 Å². The van der Waals surface area contributed by atoms with Gasteiger partial charge in [-0.1, -0.05) is 0 Å². The molecule has 1 aromatic carbocycles. The standard InChI is InChI=1S/C16H25NO4/c1-10(18)17-11-8-12(20-15(2,3)4)14(19)13(9-11)21-16(5,6)7/h8-9,19H,1-7H3,(H,17,18). The molecule has 0 saturated carbocycles. The van der Waals surface area contributed by atoms with Gasteiger partial charge in [0.05, 0.1) is 0 Å². The Kier molecular flexibility index (Phi) is 4.76. The molecule has 2 N–H and O–H groups in total. The van der Waals surface area contributed by atoms with Gasteiger partial charge in [0, 0.05) is 24.7 Å². The first-order valence-corrected chi connectivity index (χ1v) is 6.90. The molecule has 0 fully saturated rings. The number of rotatable bonds is 3. The summed E-state index contributed by atoms with van der Waals surface area (Å²) >= 11 is 0. The van der Waals surface area contributed by atoms with Crippen molar-refractivity contribution in [1.82, 2.24) is 0 Å². The molecule has 0 bridgehead atoms. The molecule has 0 spiro atoms. The largest absolute Gasteiger partial charge is 0.502 e. The molecule has 1 amide bonds. The summed E-state index contributed by atoms with van der Waals surface area (Å²) in [5, 5.41) is 13.0. The molecule has 1 rings (SSSR count). The lowest BCUT2D eigenvalue weighted by Gasteiger charge is -2.26. The Hall–Kier alpha value is -1.91. The lowest BCUT2D eigenvalue weighted by molar-refractivity contribution is -0.114. The predicted molar refractivity (Wildman–Crippen MR) is 83.2 cm³/mol. The Balaban J connectivity index is 3.28. The fraction of sp³-hybridized carbons (Fsp3) is 0.562. The van der Waals surface area contributed by atoms with Crippen LogP contribution in [0, 0.1) is 0 Å². The molecule has 0 radical (unpaired) electrons. The van der Waals surface area contributed by atoms with E-state index in [4.69, 9.17) is 9.47 Å². The Labute approximate surface area is 126 Å². The molecule has 0 heterocycles. The second-order valence-electron chi connectivity index (χ2n) is 6.93. The molecular formula is C16H25NO4. The number of carbonyl (C=O) groups is 1. The van der Waals surface area contributed by atoms with Crippen LogP contribution in [0.3, 0.4) is 0 Å². The summed E-state index contributed by atoms with van der Waals surface area (Å²) in [5.74, 6) is 0.263. The lowest BCUT2D eigenvalue weighted by atomic mass is 10.1. The van der Waals surface area contributed by atoms with Crippen LogP contribution in [-0.4, -0.2) is 22.2 Å². The van der Waals surface area contributed by atoms with E-state index >= 15 is 0 Å². The van der Waals surface area contributed by atoms with Crippen molar-refractivity contribution < 1.29 is 19.4 Å². The molecule has 0 aliphatic carbocycles. The summed E-state index contributed by atoms with van der Waals surface area (Å²) in [4.78, 5) is 11.2. The molecule has 0 saturated heterocycles.